The van der Waals surface area contributed by atoms with Gasteiger partial charge in [0.25, 0.3) is 0 Å². The van der Waals surface area contributed by atoms with E-state index in [1.807, 2.05) is 60.7 Å². The molecule has 0 aliphatic rings. The van der Waals surface area contributed by atoms with Crippen molar-refractivity contribution in [1.29, 1.82) is 0 Å². The van der Waals surface area contributed by atoms with E-state index >= 15 is 0 Å². The summed E-state index contributed by atoms with van der Waals surface area (Å²) in [5.41, 5.74) is 14.1. The van der Waals surface area contributed by atoms with Crippen LogP contribution in [-0.2, 0) is 21.7 Å². The highest BCUT2D eigenvalue weighted by molar-refractivity contribution is 6.10. The Balaban J connectivity index is 1.30. The van der Waals surface area contributed by atoms with Crippen LogP contribution in [0.15, 0.2) is 158 Å². The zero-order chi connectivity index (χ0) is 50.9. The van der Waals surface area contributed by atoms with E-state index < -0.39 is 0 Å². The Morgan fingerprint density at radius 2 is 0.694 bits per heavy atom. The van der Waals surface area contributed by atoms with Gasteiger partial charge in [-0.2, -0.15) is 0 Å². The molecule has 72 heavy (non-hydrogen) atoms. The molecule has 0 atom stereocenters. The van der Waals surface area contributed by atoms with Crippen LogP contribution >= 0.6 is 0 Å². The third-order valence-electron chi connectivity index (χ3n) is 13.7. The highest BCUT2D eigenvalue weighted by Gasteiger charge is 2.27. The maximum atomic E-state index is 5.47. The summed E-state index contributed by atoms with van der Waals surface area (Å²) in [5.74, 6) is 3.49. The Kier molecular flexibility index (Phi) is 11.9. The lowest BCUT2D eigenvalue weighted by atomic mass is 9.79. The van der Waals surface area contributed by atoms with Gasteiger partial charge in [0.1, 0.15) is 0 Å². The van der Waals surface area contributed by atoms with Crippen molar-refractivity contribution in [3.05, 3.63) is 186 Å². The molecule has 360 valence electrons. The lowest BCUT2D eigenvalue weighted by Crippen LogP contribution is -2.17. The Bertz CT molecular complexity index is 3450. The normalized spacial score (nSPS) is 12.5. The van der Waals surface area contributed by atoms with Crippen molar-refractivity contribution in [2.75, 3.05) is 0 Å². The molecular weight excluding hydrogens is 879 g/mol. The van der Waals surface area contributed by atoms with Crippen LogP contribution in [-0.4, -0.2) is 34.5 Å². The zero-order valence-electron chi connectivity index (χ0n) is 44.1. The van der Waals surface area contributed by atoms with E-state index in [0.29, 0.717) is 34.9 Å². The first-order valence-electron chi connectivity index (χ1n) is 25.2. The number of hydrogen-bond acceptors (Lipinski definition) is 6. The third kappa shape index (κ3) is 9.48. The van der Waals surface area contributed by atoms with Gasteiger partial charge in [-0.15, -0.1) is 0 Å². The predicted octanol–water partition coefficient (Wildman–Crippen LogP) is 16.7. The highest BCUT2D eigenvalue weighted by atomic mass is 15.1. The average Bonchev–Trinajstić information content (AvgIpc) is 3.68. The van der Waals surface area contributed by atoms with E-state index in [2.05, 4.69) is 192 Å². The minimum atomic E-state index is -0.116. The molecule has 10 aromatic rings. The van der Waals surface area contributed by atoms with Crippen molar-refractivity contribution in [2.24, 2.45) is 0 Å². The second kappa shape index (κ2) is 17.9. The van der Waals surface area contributed by atoms with Crippen LogP contribution in [0.3, 0.4) is 0 Å². The highest BCUT2D eigenvalue weighted by Crippen LogP contribution is 2.41. The summed E-state index contributed by atoms with van der Waals surface area (Å²) in [6.07, 6.45) is 0. The molecule has 0 amide bonds. The van der Waals surface area contributed by atoms with Crippen molar-refractivity contribution in [3.63, 3.8) is 0 Å². The number of rotatable bonds is 7. The molecule has 0 N–H and O–H groups in total. The van der Waals surface area contributed by atoms with Gasteiger partial charge >= 0.3 is 0 Å². The SMILES string of the molecule is Cc1ccc2c(c1)c1ccccc1n2-c1ccc(-c2nc(-c3cc(C(C)(C)C)cc(C(C)(C)C)c3)nc(-c3cc(C(C)(C)C)cc(C(C)(C)C)c3)n2)cc1-c1nc(-c2ccccc2)nc(-c2ccccc2)n1. The second-order valence-corrected chi connectivity index (χ2v) is 23.5. The van der Waals surface area contributed by atoms with Crippen LogP contribution < -0.4 is 0 Å². The summed E-state index contributed by atoms with van der Waals surface area (Å²) < 4.78 is 2.35. The summed E-state index contributed by atoms with van der Waals surface area (Å²) in [5, 5.41) is 2.35. The van der Waals surface area contributed by atoms with Gasteiger partial charge in [-0.3, -0.25) is 0 Å². The van der Waals surface area contributed by atoms with Crippen LogP contribution in [0.25, 0.3) is 95.8 Å². The average molecular weight is 944 g/mol. The number of hydrogen-bond donors (Lipinski definition) is 0. The van der Waals surface area contributed by atoms with Gasteiger partial charge in [0.15, 0.2) is 34.9 Å². The van der Waals surface area contributed by atoms with Crippen molar-refractivity contribution in [3.8, 4) is 74.0 Å². The van der Waals surface area contributed by atoms with E-state index in [0.717, 1.165) is 50.1 Å². The molecule has 7 heteroatoms. The van der Waals surface area contributed by atoms with E-state index in [1.165, 1.54) is 38.6 Å². The summed E-state index contributed by atoms with van der Waals surface area (Å²) in [4.78, 5) is 32.2. The number of para-hydroxylation sites is 1. The first-order chi connectivity index (χ1) is 34.1. The molecule has 7 aromatic carbocycles. The van der Waals surface area contributed by atoms with Crippen LogP contribution in [0.2, 0.25) is 0 Å². The third-order valence-corrected chi connectivity index (χ3v) is 13.7. The fourth-order valence-electron chi connectivity index (χ4n) is 9.33. The molecule has 0 spiro atoms. The van der Waals surface area contributed by atoms with Gasteiger partial charge in [0, 0.05) is 44.2 Å². The molecule has 0 saturated carbocycles. The minimum absolute atomic E-state index is 0.116. The fourth-order valence-corrected chi connectivity index (χ4v) is 9.33. The van der Waals surface area contributed by atoms with Gasteiger partial charge < -0.3 is 4.57 Å². The van der Waals surface area contributed by atoms with Crippen molar-refractivity contribution < 1.29 is 0 Å². The molecule has 7 nitrogen and oxygen atoms in total. The summed E-state index contributed by atoms with van der Waals surface area (Å²) in [6, 6.07) is 55.9. The molecule has 0 radical (unpaired) electrons. The van der Waals surface area contributed by atoms with Crippen LogP contribution in [0, 0.1) is 6.92 Å². The lowest BCUT2D eigenvalue weighted by Gasteiger charge is -2.26. The maximum absolute atomic E-state index is 5.47. The zero-order valence-corrected chi connectivity index (χ0v) is 44.1. The maximum Gasteiger partial charge on any atom is 0.166 e. The number of aromatic nitrogens is 7. The van der Waals surface area contributed by atoms with E-state index in [4.69, 9.17) is 29.9 Å². The molecule has 0 saturated heterocycles. The van der Waals surface area contributed by atoms with Gasteiger partial charge in [-0.1, -0.05) is 186 Å². The quantitative estimate of drug-likeness (QED) is 0.158. The Hall–Kier alpha value is -7.64. The predicted molar refractivity (Wildman–Crippen MR) is 300 cm³/mol. The summed E-state index contributed by atoms with van der Waals surface area (Å²) in [6.45, 7) is 29.4. The lowest BCUT2D eigenvalue weighted by molar-refractivity contribution is 0.568. The molecule has 0 aliphatic heterocycles. The van der Waals surface area contributed by atoms with Gasteiger partial charge in [-0.05, 0) is 112 Å². The van der Waals surface area contributed by atoms with Gasteiger partial charge in [0.05, 0.1) is 16.7 Å². The van der Waals surface area contributed by atoms with Gasteiger partial charge in [0.2, 0.25) is 0 Å². The molecular formula is C65H65N7. The first-order valence-corrected chi connectivity index (χ1v) is 25.2. The molecule has 0 bridgehead atoms. The van der Waals surface area contributed by atoms with E-state index in [1.54, 1.807) is 0 Å². The van der Waals surface area contributed by atoms with E-state index in [9.17, 15) is 0 Å². The van der Waals surface area contributed by atoms with Crippen molar-refractivity contribution >= 4 is 21.8 Å². The second-order valence-electron chi connectivity index (χ2n) is 23.5. The Morgan fingerprint density at radius 1 is 0.306 bits per heavy atom. The first kappa shape index (κ1) is 48.0. The molecule has 10 rings (SSSR count). The smallest absolute Gasteiger partial charge is 0.166 e. The monoisotopic (exact) mass is 944 g/mol. The molecule has 3 aromatic heterocycles. The van der Waals surface area contributed by atoms with Crippen molar-refractivity contribution in [1.82, 2.24) is 34.5 Å². The number of aryl methyl sites for hydroxylation is 1. The fraction of sp³-hybridized carbons (Fsp3) is 0.262. The molecule has 0 unspecified atom stereocenters. The Morgan fingerprint density at radius 3 is 1.15 bits per heavy atom. The number of fused-ring (bicyclic) bond motifs is 3. The molecule has 0 aliphatic carbocycles. The van der Waals surface area contributed by atoms with Gasteiger partial charge in [-0.25, -0.2) is 29.9 Å². The molecule has 3 heterocycles. The Labute approximate surface area is 425 Å². The van der Waals surface area contributed by atoms with Crippen LogP contribution in [0.4, 0.5) is 0 Å². The van der Waals surface area contributed by atoms with Crippen LogP contribution in [0.1, 0.15) is 111 Å². The number of benzene rings is 7. The minimum Gasteiger partial charge on any atom is -0.309 e. The van der Waals surface area contributed by atoms with E-state index in [-0.39, 0.29) is 21.7 Å². The molecule has 0 fully saturated rings. The standard InChI is InChI=1S/C65H65N7/c1-40-28-30-54-51(32-40)50-26-20-21-27-53(50)72(54)55-31-29-43(37-52(55)61-70-56(41-22-16-14-17-23-41)66-57(71-61)42-24-18-15-19-25-42)58-67-59(44-33-46(62(2,3)4)38-47(34-44)63(5,6)7)69-60(68-58)45-35-48(64(8,9)10)39-49(36-45)65(11,12)13/h14-39H,1-13H3. The topological polar surface area (TPSA) is 82.3 Å². The number of nitrogens with zero attached hydrogens (tertiary/aromatic N) is 7. The summed E-state index contributed by atoms with van der Waals surface area (Å²) in [7, 11) is 0. The largest absolute Gasteiger partial charge is 0.309 e. The van der Waals surface area contributed by atoms with Crippen molar-refractivity contribution in [2.45, 2.75) is 112 Å². The van der Waals surface area contributed by atoms with Crippen LogP contribution in [0.5, 0.6) is 0 Å². The summed E-state index contributed by atoms with van der Waals surface area (Å²) >= 11 is 0.